The third-order valence-corrected chi connectivity index (χ3v) is 5.80. The Morgan fingerprint density at radius 3 is 2.49 bits per heavy atom. The molecule has 0 saturated heterocycles. The van der Waals surface area contributed by atoms with E-state index in [-0.39, 0.29) is 5.97 Å². The quantitative estimate of drug-likeness (QED) is 0.217. The van der Waals surface area contributed by atoms with Crippen LogP contribution in [0.2, 0.25) is 0 Å². The highest BCUT2D eigenvalue weighted by Crippen LogP contribution is 2.45. The molecule has 4 rings (SSSR count). The maximum atomic E-state index is 11.3. The third kappa shape index (κ3) is 5.37. The molecule has 0 spiro atoms. The summed E-state index contributed by atoms with van der Waals surface area (Å²) < 4.78 is 22.0. The fourth-order valence-corrected chi connectivity index (χ4v) is 4.00. The van der Waals surface area contributed by atoms with Gasteiger partial charge in [0.25, 0.3) is 0 Å². The molecular formula is C27H29N3O5. The van der Waals surface area contributed by atoms with Gasteiger partial charge >= 0.3 is 5.97 Å². The van der Waals surface area contributed by atoms with Crippen molar-refractivity contribution in [2.75, 3.05) is 33.2 Å². The van der Waals surface area contributed by atoms with Gasteiger partial charge in [-0.2, -0.15) is 0 Å². The standard InChI is InChI=1S/C27H29N3O5/c1-32-19-14-12-18(13-15-19)23-24-26(28-16-8-4-5-11-22(31)34-3)29-17-30-27(24)35-25(23)20-9-6-7-10-21(20)33-2/h6-7,9-10,12-15,17H,4-5,8,11,16H2,1-3H3,(H,28,29,30). The summed E-state index contributed by atoms with van der Waals surface area (Å²) in [5.74, 6) is 2.64. The Kier molecular flexibility index (Phi) is 7.82. The number of carbonyl (C=O) groups excluding carboxylic acids is 1. The van der Waals surface area contributed by atoms with Gasteiger partial charge in [0.1, 0.15) is 29.4 Å². The number of nitrogens with zero attached hydrogens (tertiary/aromatic N) is 2. The predicted octanol–water partition coefficient (Wildman–Crippen LogP) is 5.72. The van der Waals surface area contributed by atoms with Gasteiger partial charge in [-0.3, -0.25) is 4.79 Å². The van der Waals surface area contributed by atoms with E-state index in [1.165, 1.54) is 13.4 Å². The van der Waals surface area contributed by atoms with E-state index in [1.807, 2.05) is 48.5 Å². The van der Waals surface area contributed by atoms with Crippen LogP contribution in [0.4, 0.5) is 5.82 Å². The van der Waals surface area contributed by atoms with Crippen LogP contribution in [0.5, 0.6) is 11.5 Å². The summed E-state index contributed by atoms with van der Waals surface area (Å²) in [5.41, 5.74) is 3.13. The van der Waals surface area contributed by atoms with Crippen molar-refractivity contribution in [2.45, 2.75) is 25.7 Å². The number of fused-ring (bicyclic) bond motifs is 1. The molecule has 0 saturated carbocycles. The van der Waals surface area contributed by atoms with Crippen molar-refractivity contribution in [1.82, 2.24) is 9.97 Å². The van der Waals surface area contributed by atoms with Gasteiger partial charge in [0, 0.05) is 18.5 Å². The van der Waals surface area contributed by atoms with E-state index in [2.05, 4.69) is 15.3 Å². The molecule has 2 heterocycles. The Balaban J connectivity index is 1.71. The second kappa shape index (κ2) is 11.4. The smallest absolute Gasteiger partial charge is 0.305 e. The Hall–Kier alpha value is -4.07. The number of ether oxygens (including phenoxy) is 3. The summed E-state index contributed by atoms with van der Waals surface area (Å²) in [6, 6.07) is 15.5. The molecule has 2 aromatic carbocycles. The van der Waals surface area contributed by atoms with Crippen molar-refractivity contribution in [3.63, 3.8) is 0 Å². The zero-order valence-electron chi connectivity index (χ0n) is 20.2. The highest BCUT2D eigenvalue weighted by molar-refractivity contribution is 6.06. The SMILES string of the molecule is COC(=O)CCCCCNc1ncnc2oc(-c3ccccc3OC)c(-c3ccc(OC)cc3)c12. The molecule has 0 amide bonds. The van der Waals surface area contributed by atoms with Crippen LogP contribution >= 0.6 is 0 Å². The molecule has 182 valence electrons. The topological polar surface area (TPSA) is 95.7 Å². The molecule has 0 aliphatic carbocycles. The molecule has 0 bridgehead atoms. The molecule has 0 aliphatic heterocycles. The first-order chi connectivity index (χ1) is 17.2. The molecule has 4 aromatic rings. The van der Waals surface area contributed by atoms with Gasteiger partial charge in [0.05, 0.1) is 32.3 Å². The first-order valence-corrected chi connectivity index (χ1v) is 11.5. The van der Waals surface area contributed by atoms with Crippen LogP contribution in [0.1, 0.15) is 25.7 Å². The maximum Gasteiger partial charge on any atom is 0.305 e. The first kappa shape index (κ1) is 24.1. The molecule has 0 unspecified atom stereocenters. The predicted molar refractivity (Wildman–Crippen MR) is 135 cm³/mol. The van der Waals surface area contributed by atoms with Gasteiger partial charge in [0.2, 0.25) is 5.71 Å². The highest BCUT2D eigenvalue weighted by atomic mass is 16.5. The van der Waals surface area contributed by atoms with Crippen LogP contribution in [-0.4, -0.2) is 43.8 Å². The first-order valence-electron chi connectivity index (χ1n) is 11.5. The van der Waals surface area contributed by atoms with E-state index in [0.29, 0.717) is 36.0 Å². The van der Waals surface area contributed by atoms with E-state index in [0.717, 1.165) is 47.1 Å². The Morgan fingerprint density at radius 1 is 0.943 bits per heavy atom. The van der Waals surface area contributed by atoms with E-state index >= 15 is 0 Å². The number of methoxy groups -OCH3 is 3. The van der Waals surface area contributed by atoms with Crippen LogP contribution in [0.15, 0.2) is 59.3 Å². The second-order valence-corrected chi connectivity index (χ2v) is 7.95. The van der Waals surface area contributed by atoms with E-state index in [4.69, 9.17) is 18.6 Å². The van der Waals surface area contributed by atoms with Crippen LogP contribution in [0.3, 0.4) is 0 Å². The Bertz CT molecular complexity index is 1280. The third-order valence-electron chi connectivity index (χ3n) is 5.80. The van der Waals surface area contributed by atoms with E-state index < -0.39 is 0 Å². The lowest BCUT2D eigenvalue weighted by Gasteiger charge is -2.10. The number of carbonyl (C=O) groups is 1. The highest BCUT2D eigenvalue weighted by Gasteiger charge is 2.24. The summed E-state index contributed by atoms with van der Waals surface area (Å²) in [4.78, 5) is 20.2. The minimum atomic E-state index is -0.179. The number of anilines is 1. The van der Waals surface area contributed by atoms with Gasteiger partial charge in [0.15, 0.2) is 0 Å². The number of aromatic nitrogens is 2. The number of benzene rings is 2. The molecule has 0 aliphatic rings. The van der Waals surface area contributed by atoms with Crippen LogP contribution in [0.25, 0.3) is 33.6 Å². The summed E-state index contributed by atoms with van der Waals surface area (Å²) in [6.45, 7) is 0.699. The average molecular weight is 476 g/mol. The summed E-state index contributed by atoms with van der Waals surface area (Å²) >= 11 is 0. The lowest BCUT2D eigenvalue weighted by Crippen LogP contribution is -2.05. The van der Waals surface area contributed by atoms with Crippen molar-refractivity contribution >= 4 is 22.9 Å². The molecule has 0 atom stereocenters. The molecule has 35 heavy (non-hydrogen) atoms. The zero-order valence-corrected chi connectivity index (χ0v) is 20.2. The van der Waals surface area contributed by atoms with Crippen LogP contribution in [-0.2, 0) is 9.53 Å². The molecule has 2 aromatic heterocycles. The average Bonchev–Trinajstić information content (AvgIpc) is 3.30. The number of furan rings is 1. The number of para-hydroxylation sites is 1. The Labute approximate surface area is 204 Å². The van der Waals surface area contributed by atoms with Gasteiger partial charge < -0.3 is 23.9 Å². The Morgan fingerprint density at radius 2 is 1.74 bits per heavy atom. The monoisotopic (exact) mass is 475 g/mol. The van der Waals surface area contributed by atoms with Crippen molar-refractivity contribution in [2.24, 2.45) is 0 Å². The zero-order chi connectivity index (χ0) is 24.6. The van der Waals surface area contributed by atoms with E-state index in [9.17, 15) is 4.79 Å². The number of nitrogens with one attached hydrogen (secondary N) is 1. The van der Waals surface area contributed by atoms with Crippen molar-refractivity contribution < 1.29 is 23.4 Å². The maximum absolute atomic E-state index is 11.3. The largest absolute Gasteiger partial charge is 0.497 e. The minimum absolute atomic E-state index is 0.179. The summed E-state index contributed by atoms with van der Waals surface area (Å²) in [5, 5.41) is 4.23. The van der Waals surface area contributed by atoms with Gasteiger partial charge in [-0.25, -0.2) is 9.97 Å². The molecule has 8 nitrogen and oxygen atoms in total. The van der Waals surface area contributed by atoms with E-state index in [1.54, 1.807) is 14.2 Å². The molecule has 8 heteroatoms. The van der Waals surface area contributed by atoms with Crippen molar-refractivity contribution in [3.05, 3.63) is 54.9 Å². The van der Waals surface area contributed by atoms with Crippen LogP contribution in [0, 0.1) is 0 Å². The number of hydrogen-bond acceptors (Lipinski definition) is 8. The molecule has 0 radical (unpaired) electrons. The molecule has 0 fully saturated rings. The van der Waals surface area contributed by atoms with Gasteiger partial charge in [-0.1, -0.05) is 30.7 Å². The summed E-state index contributed by atoms with van der Waals surface area (Å²) in [6.07, 6.45) is 4.50. The van der Waals surface area contributed by atoms with Crippen LogP contribution < -0.4 is 14.8 Å². The fraction of sp³-hybridized carbons (Fsp3) is 0.296. The van der Waals surface area contributed by atoms with Crippen molar-refractivity contribution in [1.29, 1.82) is 0 Å². The van der Waals surface area contributed by atoms with Gasteiger partial charge in [-0.05, 0) is 42.7 Å². The number of esters is 1. The molecule has 1 N–H and O–H groups in total. The number of rotatable bonds is 11. The lowest BCUT2D eigenvalue weighted by molar-refractivity contribution is -0.140. The fourth-order valence-electron chi connectivity index (χ4n) is 4.00. The summed E-state index contributed by atoms with van der Waals surface area (Å²) in [7, 11) is 4.69. The number of hydrogen-bond donors (Lipinski definition) is 1. The number of unbranched alkanes of at least 4 members (excludes halogenated alkanes) is 2. The normalized spacial score (nSPS) is 10.8. The second-order valence-electron chi connectivity index (χ2n) is 7.95. The molecular weight excluding hydrogens is 446 g/mol. The minimum Gasteiger partial charge on any atom is -0.497 e. The van der Waals surface area contributed by atoms with Crippen molar-refractivity contribution in [3.8, 4) is 33.9 Å². The lowest BCUT2D eigenvalue weighted by atomic mass is 9.98. The van der Waals surface area contributed by atoms with Gasteiger partial charge in [-0.15, -0.1) is 0 Å².